The Morgan fingerprint density at radius 3 is 2.53 bits per heavy atom. The number of piperidine rings is 1. The second kappa shape index (κ2) is 5.51. The molecule has 0 aliphatic carbocycles. The van der Waals surface area contributed by atoms with E-state index in [1.807, 2.05) is 19.1 Å². The number of thiocarbonyl (C=S) groups is 1. The fraction of sp³-hybridized carbons (Fsp3) is 0.500. The maximum atomic E-state index is 13.1. The number of nitrogens with zero attached hydrogens (tertiary/aromatic N) is 1. The molecular weight excluding hydrogens is 266 g/mol. The van der Waals surface area contributed by atoms with Gasteiger partial charge in [-0.2, -0.15) is 0 Å². The van der Waals surface area contributed by atoms with E-state index in [9.17, 15) is 8.78 Å². The van der Waals surface area contributed by atoms with Crippen LogP contribution in [0.2, 0.25) is 0 Å². The van der Waals surface area contributed by atoms with Gasteiger partial charge in [-0.05, 0) is 24.6 Å². The quantitative estimate of drug-likeness (QED) is 0.865. The number of hydrogen-bond acceptors (Lipinski definition) is 2. The highest BCUT2D eigenvalue weighted by Crippen LogP contribution is 2.28. The smallest absolute Gasteiger partial charge is 0.250 e. The molecule has 0 radical (unpaired) electrons. The highest BCUT2D eigenvalue weighted by atomic mass is 32.1. The normalized spacial score (nSPS) is 19.3. The average Bonchev–Trinajstić information content (AvgIpc) is 2.31. The lowest BCUT2D eigenvalue weighted by molar-refractivity contribution is -0.0566. The van der Waals surface area contributed by atoms with Crippen molar-refractivity contribution >= 4 is 17.2 Å². The molecule has 0 atom stereocenters. The maximum Gasteiger partial charge on any atom is 0.250 e. The van der Waals surface area contributed by atoms with Crippen molar-refractivity contribution in [1.82, 2.24) is 4.90 Å². The fourth-order valence-electron chi connectivity index (χ4n) is 2.39. The van der Waals surface area contributed by atoms with E-state index in [2.05, 4.69) is 11.0 Å². The number of benzene rings is 1. The third-order valence-corrected chi connectivity index (χ3v) is 3.65. The summed E-state index contributed by atoms with van der Waals surface area (Å²) in [6, 6.07) is 5.94. The molecule has 0 bridgehead atoms. The highest BCUT2D eigenvalue weighted by Gasteiger charge is 2.33. The minimum absolute atomic E-state index is 0.0546. The first-order chi connectivity index (χ1) is 8.85. The average molecular weight is 284 g/mol. The Morgan fingerprint density at radius 2 is 1.95 bits per heavy atom. The Hall–Kier alpha value is -1.07. The van der Waals surface area contributed by atoms with Crippen LogP contribution in [0.5, 0.6) is 0 Å². The van der Waals surface area contributed by atoms with Crippen LogP contribution in [0.1, 0.15) is 29.5 Å². The Morgan fingerprint density at radius 1 is 1.32 bits per heavy atom. The van der Waals surface area contributed by atoms with Gasteiger partial charge in [0, 0.05) is 38.0 Å². The number of hydrogen-bond donors (Lipinski definition) is 1. The summed E-state index contributed by atoms with van der Waals surface area (Å²) < 4.78 is 26.2. The molecule has 2 nitrogen and oxygen atoms in total. The molecule has 0 saturated carbocycles. The van der Waals surface area contributed by atoms with Crippen LogP contribution in [0.3, 0.4) is 0 Å². The van der Waals surface area contributed by atoms with Crippen molar-refractivity contribution in [2.75, 3.05) is 13.1 Å². The number of rotatable bonds is 3. The van der Waals surface area contributed by atoms with Crippen molar-refractivity contribution in [3.8, 4) is 0 Å². The summed E-state index contributed by atoms with van der Waals surface area (Å²) >= 11 is 4.98. The largest absolute Gasteiger partial charge is 0.389 e. The van der Waals surface area contributed by atoms with Gasteiger partial charge >= 0.3 is 0 Å². The monoisotopic (exact) mass is 284 g/mol. The molecule has 1 aromatic rings. The van der Waals surface area contributed by atoms with E-state index in [-0.39, 0.29) is 12.8 Å². The van der Waals surface area contributed by atoms with Crippen molar-refractivity contribution in [1.29, 1.82) is 0 Å². The molecule has 104 valence electrons. The van der Waals surface area contributed by atoms with E-state index in [1.165, 1.54) is 0 Å². The molecule has 2 rings (SSSR count). The molecular formula is C14H18F2N2S. The predicted molar refractivity (Wildman–Crippen MR) is 76.5 cm³/mol. The minimum Gasteiger partial charge on any atom is -0.389 e. The first kappa shape index (κ1) is 14.3. The standard InChI is InChI=1S/C14H18F2N2S/c1-10-6-11(8-12(7-10)13(17)19)9-18-4-2-14(15,16)3-5-18/h6-8H,2-5,9H2,1H3,(H2,17,19). The molecule has 0 aromatic heterocycles. The summed E-state index contributed by atoms with van der Waals surface area (Å²) in [5, 5.41) is 0. The number of halogens is 2. The second-order valence-electron chi connectivity index (χ2n) is 5.20. The highest BCUT2D eigenvalue weighted by molar-refractivity contribution is 7.80. The van der Waals surface area contributed by atoms with E-state index in [1.54, 1.807) is 0 Å². The lowest BCUT2D eigenvalue weighted by atomic mass is 10.0. The molecule has 1 heterocycles. The van der Waals surface area contributed by atoms with Crippen LogP contribution in [-0.2, 0) is 6.54 Å². The third-order valence-electron chi connectivity index (χ3n) is 3.42. The lowest BCUT2D eigenvalue weighted by Crippen LogP contribution is -2.38. The first-order valence-corrected chi connectivity index (χ1v) is 6.77. The van der Waals surface area contributed by atoms with Gasteiger partial charge in [0.2, 0.25) is 0 Å². The number of likely N-dealkylation sites (tertiary alicyclic amines) is 1. The predicted octanol–water partition coefficient (Wildman–Crippen LogP) is 2.86. The zero-order valence-electron chi connectivity index (χ0n) is 11.0. The maximum absolute atomic E-state index is 13.1. The molecule has 1 saturated heterocycles. The number of aryl methyl sites for hydroxylation is 1. The van der Waals surface area contributed by atoms with Crippen LogP contribution in [-0.4, -0.2) is 28.9 Å². The summed E-state index contributed by atoms with van der Waals surface area (Å²) in [6.45, 7) is 3.52. The number of alkyl halides is 2. The van der Waals surface area contributed by atoms with E-state index < -0.39 is 5.92 Å². The van der Waals surface area contributed by atoms with Crippen molar-refractivity contribution < 1.29 is 8.78 Å². The van der Waals surface area contributed by atoms with Crippen molar-refractivity contribution in [3.05, 3.63) is 34.9 Å². The van der Waals surface area contributed by atoms with Crippen molar-refractivity contribution in [2.24, 2.45) is 5.73 Å². The van der Waals surface area contributed by atoms with Gasteiger partial charge in [0.25, 0.3) is 5.92 Å². The van der Waals surface area contributed by atoms with Gasteiger partial charge in [-0.1, -0.05) is 23.8 Å². The van der Waals surface area contributed by atoms with Gasteiger partial charge in [-0.15, -0.1) is 0 Å². The van der Waals surface area contributed by atoms with Gasteiger partial charge in [0.1, 0.15) is 4.99 Å². The van der Waals surface area contributed by atoms with E-state index in [0.717, 1.165) is 16.7 Å². The summed E-state index contributed by atoms with van der Waals surface area (Å²) in [6.07, 6.45) is -0.109. The van der Waals surface area contributed by atoms with Gasteiger partial charge < -0.3 is 5.73 Å². The van der Waals surface area contributed by atoms with Crippen LogP contribution in [0, 0.1) is 6.92 Å². The summed E-state index contributed by atoms with van der Waals surface area (Å²) in [5.41, 5.74) is 8.64. The number of nitrogens with two attached hydrogens (primary N) is 1. The molecule has 0 amide bonds. The third kappa shape index (κ3) is 3.94. The molecule has 1 aliphatic heterocycles. The first-order valence-electron chi connectivity index (χ1n) is 6.36. The molecule has 0 unspecified atom stereocenters. The summed E-state index contributed by atoms with van der Waals surface area (Å²) in [5.74, 6) is -2.49. The summed E-state index contributed by atoms with van der Waals surface area (Å²) in [4.78, 5) is 2.42. The van der Waals surface area contributed by atoms with Crippen LogP contribution >= 0.6 is 12.2 Å². The molecule has 2 N–H and O–H groups in total. The molecule has 5 heteroatoms. The van der Waals surface area contributed by atoms with Gasteiger partial charge in [0.15, 0.2) is 0 Å². The summed E-state index contributed by atoms with van der Waals surface area (Å²) in [7, 11) is 0. The Labute approximate surface area is 117 Å². The Bertz CT molecular complexity index is 478. The van der Waals surface area contributed by atoms with Crippen LogP contribution < -0.4 is 5.73 Å². The molecule has 1 fully saturated rings. The van der Waals surface area contributed by atoms with Gasteiger partial charge in [-0.25, -0.2) is 8.78 Å². The van der Waals surface area contributed by atoms with Gasteiger partial charge in [-0.3, -0.25) is 4.90 Å². The van der Waals surface area contributed by atoms with E-state index in [0.29, 0.717) is 24.6 Å². The lowest BCUT2D eigenvalue weighted by Gasteiger charge is -2.31. The Balaban J connectivity index is 2.05. The zero-order valence-corrected chi connectivity index (χ0v) is 11.8. The van der Waals surface area contributed by atoms with Crippen LogP contribution in [0.25, 0.3) is 0 Å². The fourth-order valence-corrected chi connectivity index (χ4v) is 2.51. The van der Waals surface area contributed by atoms with E-state index in [4.69, 9.17) is 18.0 Å². The van der Waals surface area contributed by atoms with Crippen molar-refractivity contribution in [3.63, 3.8) is 0 Å². The Kier molecular flexibility index (Phi) is 4.16. The molecule has 19 heavy (non-hydrogen) atoms. The molecule has 1 aromatic carbocycles. The van der Waals surface area contributed by atoms with Gasteiger partial charge in [0.05, 0.1) is 0 Å². The van der Waals surface area contributed by atoms with Crippen molar-refractivity contribution in [2.45, 2.75) is 32.2 Å². The topological polar surface area (TPSA) is 29.3 Å². The van der Waals surface area contributed by atoms with E-state index >= 15 is 0 Å². The molecule has 1 aliphatic rings. The van der Waals surface area contributed by atoms with Crippen LogP contribution in [0.4, 0.5) is 8.78 Å². The zero-order chi connectivity index (χ0) is 14.0. The minimum atomic E-state index is -2.49. The molecule has 0 spiro atoms. The second-order valence-corrected chi connectivity index (χ2v) is 5.64. The SMILES string of the molecule is Cc1cc(CN2CCC(F)(F)CC2)cc(C(N)=S)c1. The van der Waals surface area contributed by atoms with Crippen LogP contribution in [0.15, 0.2) is 18.2 Å².